The van der Waals surface area contributed by atoms with Gasteiger partial charge in [-0.05, 0) is 23.8 Å². The molecular weight excluding hydrogens is 292 g/mol. The minimum Gasteiger partial charge on any atom is -0.381 e. The van der Waals surface area contributed by atoms with Crippen LogP contribution >= 0.6 is 0 Å². The first-order valence-electron chi connectivity index (χ1n) is 5.69. The van der Waals surface area contributed by atoms with Crippen molar-refractivity contribution in [1.82, 2.24) is 0 Å². The molecule has 2 aromatic rings. The van der Waals surface area contributed by atoms with Gasteiger partial charge in [-0.25, -0.2) is 13.2 Å². The number of hydrogen-bond donors (Lipinski definition) is 1. The van der Waals surface area contributed by atoms with E-state index in [1.165, 1.54) is 6.07 Å². The first-order chi connectivity index (χ1) is 9.88. The fourth-order valence-corrected chi connectivity index (χ4v) is 1.68. The summed E-state index contributed by atoms with van der Waals surface area (Å²) >= 11 is 0. The first-order valence-corrected chi connectivity index (χ1v) is 5.69. The smallest absolute Gasteiger partial charge is 0.304 e. The van der Waals surface area contributed by atoms with E-state index in [-0.39, 0.29) is 17.8 Å². The maximum absolute atomic E-state index is 13.4. The zero-order valence-corrected chi connectivity index (χ0v) is 10.4. The monoisotopic (exact) mass is 300 g/mol. The Morgan fingerprint density at radius 3 is 2.14 bits per heavy atom. The predicted octanol–water partition coefficient (Wildman–Crippen LogP) is 3.76. The molecule has 110 valence electrons. The molecular formula is C13H8F4N2O2. The van der Waals surface area contributed by atoms with Crippen molar-refractivity contribution in [3.63, 3.8) is 0 Å². The Labute approximate surface area is 116 Å². The van der Waals surface area contributed by atoms with Crippen LogP contribution in [0.5, 0.6) is 0 Å². The molecule has 2 rings (SSSR count). The quantitative estimate of drug-likeness (QED) is 0.405. The van der Waals surface area contributed by atoms with E-state index in [2.05, 4.69) is 5.32 Å². The van der Waals surface area contributed by atoms with Crippen LogP contribution in [0.2, 0.25) is 0 Å². The molecule has 0 atom stereocenters. The van der Waals surface area contributed by atoms with Crippen LogP contribution in [0, 0.1) is 33.4 Å². The van der Waals surface area contributed by atoms with Gasteiger partial charge in [-0.3, -0.25) is 10.1 Å². The molecule has 0 aromatic heterocycles. The summed E-state index contributed by atoms with van der Waals surface area (Å²) in [6, 6.07) is 4.69. The molecule has 0 spiro atoms. The second-order valence-corrected chi connectivity index (χ2v) is 4.15. The molecule has 0 aliphatic carbocycles. The van der Waals surface area contributed by atoms with Gasteiger partial charge in [-0.2, -0.15) is 4.39 Å². The van der Waals surface area contributed by atoms with Crippen LogP contribution in [0.1, 0.15) is 5.56 Å². The molecule has 1 N–H and O–H groups in total. The van der Waals surface area contributed by atoms with Gasteiger partial charge in [0.15, 0.2) is 17.5 Å². The summed E-state index contributed by atoms with van der Waals surface area (Å²) in [5.41, 5.74) is -0.396. The lowest BCUT2D eigenvalue weighted by atomic mass is 10.2. The second-order valence-electron chi connectivity index (χ2n) is 4.15. The van der Waals surface area contributed by atoms with Crippen LogP contribution in [0.25, 0.3) is 0 Å². The molecule has 8 heteroatoms. The van der Waals surface area contributed by atoms with Crippen molar-refractivity contribution in [2.75, 3.05) is 5.32 Å². The number of nitro groups is 1. The Morgan fingerprint density at radius 1 is 1.00 bits per heavy atom. The van der Waals surface area contributed by atoms with E-state index in [1.54, 1.807) is 0 Å². The highest BCUT2D eigenvalue weighted by Gasteiger charge is 2.14. The van der Waals surface area contributed by atoms with Gasteiger partial charge in [0, 0.05) is 24.4 Å². The van der Waals surface area contributed by atoms with E-state index >= 15 is 0 Å². The summed E-state index contributed by atoms with van der Waals surface area (Å²) in [6.07, 6.45) is 0. The zero-order valence-electron chi connectivity index (χ0n) is 10.4. The molecule has 0 heterocycles. The number of nitrogens with one attached hydrogen (secondary N) is 1. The van der Waals surface area contributed by atoms with Gasteiger partial charge in [0.2, 0.25) is 5.82 Å². The van der Waals surface area contributed by atoms with Crippen LogP contribution in [0.15, 0.2) is 30.3 Å². The van der Waals surface area contributed by atoms with E-state index in [0.717, 1.165) is 24.3 Å². The van der Waals surface area contributed by atoms with Gasteiger partial charge in [-0.15, -0.1) is 0 Å². The lowest BCUT2D eigenvalue weighted by molar-refractivity contribution is -0.387. The summed E-state index contributed by atoms with van der Waals surface area (Å²) < 4.78 is 52.1. The molecule has 0 aliphatic rings. The number of rotatable bonds is 4. The standard InChI is InChI=1S/C13H8F4N2O2/c14-9-5-8(1-2-12(9)19(20)21)18-6-7-3-10(15)13(17)11(16)4-7/h1-5,18H,6H2. The molecule has 4 nitrogen and oxygen atoms in total. The van der Waals surface area contributed by atoms with Crippen molar-refractivity contribution in [3.8, 4) is 0 Å². The van der Waals surface area contributed by atoms with Crippen molar-refractivity contribution >= 4 is 11.4 Å². The van der Waals surface area contributed by atoms with Crippen LogP contribution in [0.3, 0.4) is 0 Å². The summed E-state index contributed by atoms with van der Waals surface area (Å²) in [5, 5.41) is 13.1. The lowest BCUT2D eigenvalue weighted by Gasteiger charge is -2.07. The fourth-order valence-electron chi connectivity index (χ4n) is 1.68. The van der Waals surface area contributed by atoms with Crippen LogP contribution in [-0.2, 0) is 6.54 Å². The largest absolute Gasteiger partial charge is 0.381 e. The third-order valence-corrected chi connectivity index (χ3v) is 2.68. The van der Waals surface area contributed by atoms with Crippen molar-refractivity contribution in [1.29, 1.82) is 0 Å². The molecule has 0 aliphatic heterocycles. The van der Waals surface area contributed by atoms with E-state index in [1.807, 2.05) is 0 Å². The van der Waals surface area contributed by atoms with Crippen molar-refractivity contribution in [3.05, 3.63) is 69.3 Å². The zero-order chi connectivity index (χ0) is 15.6. The van der Waals surface area contributed by atoms with Gasteiger partial charge >= 0.3 is 5.69 Å². The number of halogens is 4. The number of nitro benzene ring substituents is 1. The SMILES string of the molecule is O=[N+]([O-])c1ccc(NCc2cc(F)c(F)c(F)c2)cc1F. The average Bonchev–Trinajstić information content (AvgIpc) is 2.42. The van der Waals surface area contributed by atoms with Gasteiger partial charge in [0.1, 0.15) is 0 Å². The Morgan fingerprint density at radius 2 is 1.62 bits per heavy atom. The predicted molar refractivity (Wildman–Crippen MR) is 66.7 cm³/mol. The van der Waals surface area contributed by atoms with Crippen molar-refractivity contribution in [2.45, 2.75) is 6.54 Å². The minimum atomic E-state index is -1.57. The summed E-state index contributed by atoms with van der Waals surface area (Å²) in [5.74, 6) is -5.27. The molecule has 21 heavy (non-hydrogen) atoms. The number of benzene rings is 2. The Hall–Kier alpha value is -2.64. The molecule has 0 saturated heterocycles. The molecule has 0 saturated carbocycles. The third-order valence-electron chi connectivity index (χ3n) is 2.68. The topological polar surface area (TPSA) is 55.2 Å². The van der Waals surface area contributed by atoms with Gasteiger partial charge in [0.25, 0.3) is 0 Å². The molecule has 0 radical (unpaired) electrons. The molecule has 0 amide bonds. The number of hydrogen-bond acceptors (Lipinski definition) is 3. The Bertz CT molecular complexity index is 684. The highest BCUT2D eigenvalue weighted by atomic mass is 19.2. The Kier molecular flexibility index (Phi) is 4.06. The molecule has 0 fully saturated rings. The minimum absolute atomic E-state index is 0.102. The lowest BCUT2D eigenvalue weighted by Crippen LogP contribution is -2.03. The van der Waals surface area contributed by atoms with E-state index in [0.29, 0.717) is 0 Å². The molecule has 0 unspecified atom stereocenters. The fraction of sp³-hybridized carbons (Fsp3) is 0.0769. The van der Waals surface area contributed by atoms with Gasteiger partial charge < -0.3 is 5.32 Å². The summed E-state index contributed by atoms with van der Waals surface area (Å²) in [6.45, 7) is -0.106. The number of anilines is 1. The molecule has 0 bridgehead atoms. The van der Waals surface area contributed by atoms with Crippen molar-refractivity contribution < 1.29 is 22.5 Å². The van der Waals surface area contributed by atoms with E-state index in [4.69, 9.17) is 0 Å². The summed E-state index contributed by atoms with van der Waals surface area (Å²) in [7, 11) is 0. The third kappa shape index (κ3) is 3.28. The van der Waals surface area contributed by atoms with Crippen LogP contribution in [0.4, 0.5) is 28.9 Å². The Balaban J connectivity index is 2.13. The summed E-state index contributed by atoms with van der Waals surface area (Å²) in [4.78, 5) is 9.57. The first kappa shape index (κ1) is 14.8. The van der Waals surface area contributed by atoms with Gasteiger partial charge in [-0.1, -0.05) is 0 Å². The van der Waals surface area contributed by atoms with E-state index in [9.17, 15) is 27.7 Å². The van der Waals surface area contributed by atoms with E-state index < -0.39 is 33.9 Å². The molecule has 2 aromatic carbocycles. The average molecular weight is 300 g/mol. The van der Waals surface area contributed by atoms with Gasteiger partial charge in [0.05, 0.1) is 4.92 Å². The van der Waals surface area contributed by atoms with Crippen LogP contribution in [-0.4, -0.2) is 4.92 Å². The highest BCUT2D eigenvalue weighted by Crippen LogP contribution is 2.21. The van der Waals surface area contributed by atoms with Crippen molar-refractivity contribution in [2.24, 2.45) is 0 Å². The normalized spacial score (nSPS) is 10.5. The second kappa shape index (κ2) is 5.78. The number of nitrogens with zero attached hydrogens (tertiary/aromatic N) is 1. The maximum Gasteiger partial charge on any atom is 0.304 e. The highest BCUT2D eigenvalue weighted by molar-refractivity contribution is 5.49. The van der Waals surface area contributed by atoms with Crippen LogP contribution < -0.4 is 5.32 Å². The maximum atomic E-state index is 13.4.